The Morgan fingerprint density at radius 1 is 1.50 bits per heavy atom. The Labute approximate surface area is 98.6 Å². The zero-order valence-corrected chi connectivity index (χ0v) is 10.5. The van der Waals surface area contributed by atoms with Gasteiger partial charge >= 0.3 is 0 Å². The molecule has 1 aliphatic rings. The Morgan fingerprint density at radius 2 is 2.25 bits per heavy atom. The summed E-state index contributed by atoms with van der Waals surface area (Å²) in [5.74, 6) is 1.38. The first kappa shape index (κ1) is 13.5. The third-order valence-corrected chi connectivity index (χ3v) is 3.68. The van der Waals surface area contributed by atoms with Crippen molar-refractivity contribution in [1.82, 2.24) is 5.32 Å². The van der Waals surface area contributed by atoms with E-state index in [2.05, 4.69) is 12.2 Å². The molecular weight excluding hydrogens is 202 g/mol. The van der Waals surface area contributed by atoms with Gasteiger partial charge in [-0.25, -0.2) is 0 Å². The fourth-order valence-corrected chi connectivity index (χ4v) is 2.42. The molecule has 1 rings (SSSR count). The van der Waals surface area contributed by atoms with E-state index in [1.807, 2.05) is 6.92 Å². The Balaban J connectivity index is 2.10. The van der Waals surface area contributed by atoms with Gasteiger partial charge in [-0.15, -0.1) is 0 Å². The van der Waals surface area contributed by atoms with Gasteiger partial charge in [-0.2, -0.15) is 0 Å². The van der Waals surface area contributed by atoms with E-state index in [-0.39, 0.29) is 18.4 Å². The van der Waals surface area contributed by atoms with Crippen LogP contribution in [0.5, 0.6) is 0 Å². The van der Waals surface area contributed by atoms with E-state index in [9.17, 15) is 4.79 Å². The van der Waals surface area contributed by atoms with Gasteiger partial charge in [0.1, 0.15) is 0 Å². The van der Waals surface area contributed by atoms with Crippen molar-refractivity contribution in [2.45, 2.75) is 46.0 Å². The highest BCUT2D eigenvalue weighted by molar-refractivity contribution is 5.79. The molecule has 3 nitrogen and oxygen atoms in total. The molecular formula is C13H25NO2. The molecule has 0 spiro atoms. The summed E-state index contributed by atoms with van der Waals surface area (Å²) in [6.45, 7) is 5.20. The van der Waals surface area contributed by atoms with Crippen LogP contribution in [0.4, 0.5) is 0 Å². The quantitative estimate of drug-likeness (QED) is 0.681. The van der Waals surface area contributed by atoms with Crippen LogP contribution in [0.2, 0.25) is 0 Å². The zero-order valence-electron chi connectivity index (χ0n) is 10.5. The van der Waals surface area contributed by atoms with Gasteiger partial charge in [0.25, 0.3) is 0 Å². The molecule has 0 aromatic rings. The molecule has 1 amide bonds. The summed E-state index contributed by atoms with van der Waals surface area (Å²) in [6.07, 6.45) is 5.39. The molecule has 2 N–H and O–H groups in total. The highest BCUT2D eigenvalue weighted by atomic mass is 16.3. The van der Waals surface area contributed by atoms with Crippen LogP contribution in [0.3, 0.4) is 0 Å². The third kappa shape index (κ3) is 4.12. The molecule has 94 valence electrons. The van der Waals surface area contributed by atoms with Crippen molar-refractivity contribution in [2.24, 2.45) is 17.8 Å². The predicted molar refractivity (Wildman–Crippen MR) is 65.0 cm³/mol. The molecule has 0 aromatic heterocycles. The second-order valence-electron chi connectivity index (χ2n) is 5.24. The maximum absolute atomic E-state index is 11.8. The van der Waals surface area contributed by atoms with Gasteiger partial charge in [-0.1, -0.05) is 20.3 Å². The summed E-state index contributed by atoms with van der Waals surface area (Å²) in [6, 6.07) is 0. The summed E-state index contributed by atoms with van der Waals surface area (Å²) in [4.78, 5) is 11.8. The Bertz CT molecular complexity index is 218. The highest BCUT2D eigenvalue weighted by Crippen LogP contribution is 2.31. The molecule has 0 radical (unpaired) electrons. The molecule has 0 bridgehead atoms. The number of carbonyl (C=O) groups is 1. The smallest absolute Gasteiger partial charge is 0.223 e. The fraction of sp³-hybridized carbons (Fsp3) is 0.923. The minimum absolute atomic E-state index is 0.238. The average Bonchev–Trinajstić information content (AvgIpc) is 2.70. The van der Waals surface area contributed by atoms with Gasteiger partial charge < -0.3 is 10.4 Å². The number of carbonyl (C=O) groups excluding carboxylic acids is 1. The van der Waals surface area contributed by atoms with E-state index in [1.165, 1.54) is 12.8 Å². The lowest BCUT2D eigenvalue weighted by atomic mass is 9.97. The van der Waals surface area contributed by atoms with Crippen LogP contribution in [0.25, 0.3) is 0 Å². The molecule has 1 fully saturated rings. The Kier molecular flexibility index (Phi) is 5.81. The van der Waals surface area contributed by atoms with Crippen LogP contribution < -0.4 is 5.32 Å². The average molecular weight is 227 g/mol. The van der Waals surface area contributed by atoms with E-state index < -0.39 is 0 Å². The van der Waals surface area contributed by atoms with Crippen molar-refractivity contribution < 1.29 is 9.90 Å². The summed E-state index contributed by atoms with van der Waals surface area (Å²) in [5.41, 5.74) is 0. The van der Waals surface area contributed by atoms with Gasteiger partial charge in [-0.05, 0) is 37.5 Å². The van der Waals surface area contributed by atoms with Crippen LogP contribution in [0.1, 0.15) is 46.0 Å². The molecule has 3 atom stereocenters. The topological polar surface area (TPSA) is 49.3 Å². The maximum Gasteiger partial charge on any atom is 0.223 e. The van der Waals surface area contributed by atoms with Crippen LogP contribution >= 0.6 is 0 Å². The molecule has 1 saturated carbocycles. The number of hydrogen-bond donors (Lipinski definition) is 2. The number of aliphatic hydroxyl groups is 1. The van der Waals surface area contributed by atoms with E-state index in [0.717, 1.165) is 25.8 Å². The van der Waals surface area contributed by atoms with Crippen molar-refractivity contribution in [2.75, 3.05) is 13.2 Å². The predicted octanol–water partition coefficient (Wildman–Crippen LogP) is 1.95. The van der Waals surface area contributed by atoms with E-state index >= 15 is 0 Å². The van der Waals surface area contributed by atoms with Crippen molar-refractivity contribution in [1.29, 1.82) is 0 Å². The van der Waals surface area contributed by atoms with Crippen LogP contribution in [0.15, 0.2) is 0 Å². The van der Waals surface area contributed by atoms with Crippen molar-refractivity contribution in [3.8, 4) is 0 Å². The number of rotatable bonds is 6. The standard InChI is InChI=1S/C13H25NO2/c1-10(9-15)5-4-8-14-13(16)12-7-3-6-11(12)2/h10-12,15H,3-9H2,1-2H3,(H,14,16). The maximum atomic E-state index is 11.8. The van der Waals surface area contributed by atoms with E-state index in [4.69, 9.17) is 5.11 Å². The van der Waals surface area contributed by atoms with Crippen LogP contribution in [-0.4, -0.2) is 24.2 Å². The SMILES string of the molecule is CC(CO)CCCNC(=O)C1CCCC1C. The summed E-state index contributed by atoms with van der Waals surface area (Å²) in [5, 5.41) is 11.9. The van der Waals surface area contributed by atoms with Gasteiger partial charge in [0, 0.05) is 19.1 Å². The van der Waals surface area contributed by atoms with Crippen molar-refractivity contribution in [3.05, 3.63) is 0 Å². The lowest BCUT2D eigenvalue weighted by Gasteiger charge is -2.15. The summed E-state index contributed by atoms with van der Waals surface area (Å²) >= 11 is 0. The molecule has 0 aliphatic heterocycles. The van der Waals surface area contributed by atoms with Gasteiger partial charge in [0.15, 0.2) is 0 Å². The van der Waals surface area contributed by atoms with E-state index in [1.54, 1.807) is 0 Å². The van der Waals surface area contributed by atoms with Crippen molar-refractivity contribution >= 4 is 5.91 Å². The normalized spacial score (nSPS) is 26.7. The Hall–Kier alpha value is -0.570. The minimum atomic E-state index is 0.238. The summed E-state index contributed by atoms with van der Waals surface area (Å²) in [7, 11) is 0. The lowest BCUT2D eigenvalue weighted by Crippen LogP contribution is -2.32. The Morgan fingerprint density at radius 3 is 2.81 bits per heavy atom. The van der Waals surface area contributed by atoms with Crippen molar-refractivity contribution in [3.63, 3.8) is 0 Å². The lowest BCUT2D eigenvalue weighted by molar-refractivity contribution is -0.125. The van der Waals surface area contributed by atoms with Gasteiger partial charge in [0.05, 0.1) is 0 Å². The monoisotopic (exact) mass is 227 g/mol. The van der Waals surface area contributed by atoms with Gasteiger partial charge in [0.2, 0.25) is 5.91 Å². The number of amides is 1. The molecule has 3 unspecified atom stereocenters. The second-order valence-corrected chi connectivity index (χ2v) is 5.24. The molecule has 0 aromatic carbocycles. The van der Waals surface area contributed by atoms with E-state index in [0.29, 0.717) is 11.8 Å². The molecule has 3 heteroatoms. The molecule has 0 heterocycles. The zero-order chi connectivity index (χ0) is 12.0. The van der Waals surface area contributed by atoms with Gasteiger partial charge in [-0.3, -0.25) is 4.79 Å². The first-order chi connectivity index (χ1) is 7.65. The molecule has 0 saturated heterocycles. The third-order valence-electron chi connectivity index (χ3n) is 3.68. The highest BCUT2D eigenvalue weighted by Gasteiger charge is 2.29. The first-order valence-electron chi connectivity index (χ1n) is 6.53. The molecule has 16 heavy (non-hydrogen) atoms. The summed E-state index contributed by atoms with van der Waals surface area (Å²) < 4.78 is 0. The largest absolute Gasteiger partial charge is 0.396 e. The second kappa shape index (κ2) is 6.89. The minimum Gasteiger partial charge on any atom is -0.396 e. The fourth-order valence-electron chi connectivity index (χ4n) is 2.42. The number of hydrogen-bond acceptors (Lipinski definition) is 2. The number of nitrogens with one attached hydrogen (secondary N) is 1. The van der Waals surface area contributed by atoms with Crippen LogP contribution in [-0.2, 0) is 4.79 Å². The first-order valence-corrected chi connectivity index (χ1v) is 6.53. The number of aliphatic hydroxyl groups excluding tert-OH is 1. The van der Waals surface area contributed by atoms with Crippen LogP contribution in [0, 0.1) is 17.8 Å². The molecule has 1 aliphatic carbocycles.